The minimum atomic E-state index is -0.769. The van der Waals surface area contributed by atoms with E-state index in [1.807, 2.05) is 6.07 Å². The second-order valence-electron chi connectivity index (χ2n) is 8.82. The summed E-state index contributed by atoms with van der Waals surface area (Å²) in [5.74, 6) is 1.70. The predicted octanol–water partition coefficient (Wildman–Crippen LogP) is 3.01. The van der Waals surface area contributed by atoms with Crippen LogP contribution in [-0.2, 0) is 14.3 Å². The Labute approximate surface area is 236 Å². The van der Waals surface area contributed by atoms with Crippen LogP contribution in [0.2, 0.25) is 0 Å². The molecule has 0 radical (unpaired) electrons. The third kappa shape index (κ3) is 5.15. The Morgan fingerprint density at radius 1 is 1.21 bits per heavy atom. The van der Waals surface area contributed by atoms with Gasteiger partial charge < -0.3 is 28.3 Å². The molecule has 2 aliphatic heterocycles. The van der Waals surface area contributed by atoms with Gasteiger partial charge in [-0.05, 0) is 47.5 Å². The van der Waals surface area contributed by atoms with Gasteiger partial charge in [-0.1, -0.05) is 17.4 Å². The number of ether oxygens (including phenoxy) is 4. The first-order chi connectivity index (χ1) is 18.9. The SMILES string of the molecule is CCOC(=O)C1=C(C)N=c2s/c(=C/c3cc(Br)c(N4CCOCC4)o3)c(=O)n2C1c1ccc(OC)c(OC)c1. The second kappa shape index (κ2) is 11.4. The number of thiazole rings is 1. The van der Waals surface area contributed by atoms with E-state index in [4.69, 9.17) is 23.4 Å². The molecule has 2 aromatic heterocycles. The van der Waals surface area contributed by atoms with Crippen molar-refractivity contribution in [1.29, 1.82) is 0 Å². The number of furan rings is 1. The number of nitrogens with zero attached hydrogens (tertiary/aromatic N) is 3. The summed E-state index contributed by atoms with van der Waals surface area (Å²) < 4.78 is 30.6. The number of halogens is 1. The number of esters is 1. The highest BCUT2D eigenvalue weighted by Crippen LogP contribution is 2.36. The molecule has 0 N–H and O–H groups in total. The van der Waals surface area contributed by atoms with E-state index >= 15 is 0 Å². The summed E-state index contributed by atoms with van der Waals surface area (Å²) in [6, 6.07) is 6.38. The van der Waals surface area contributed by atoms with Crippen LogP contribution in [0.25, 0.3) is 6.08 Å². The normalized spacial score (nSPS) is 17.6. The Hall–Kier alpha value is -3.35. The highest BCUT2D eigenvalue weighted by Gasteiger charge is 2.34. The molecule has 1 saturated heterocycles. The van der Waals surface area contributed by atoms with Gasteiger partial charge in [0, 0.05) is 25.2 Å². The van der Waals surface area contributed by atoms with E-state index in [9.17, 15) is 9.59 Å². The van der Waals surface area contributed by atoms with Gasteiger partial charge in [0.1, 0.15) is 5.76 Å². The molecule has 2 aliphatic rings. The fraction of sp³-hybridized carbons (Fsp3) is 0.370. The maximum absolute atomic E-state index is 13.9. The summed E-state index contributed by atoms with van der Waals surface area (Å²) in [4.78, 5) is 34.2. The molecule has 3 aromatic rings. The largest absolute Gasteiger partial charge is 0.493 e. The third-order valence-electron chi connectivity index (χ3n) is 6.50. The van der Waals surface area contributed by atoms with E-state index < -0.39 is 12.0 Å². The van der Waals surface area contributed by atoms with Gasteiger partial charge in [-0.25, -0.2) is 9.79 Å². The van der Waals surface area contributed by atoms with Crippen LogP contribution in [0.3, 0.4) is 0 Å². The number of morpholine rings is 1. The van der Waals surface area contributed by atoms with Crippen molar-refractivity contribution in [2.75, 3.05) is 52.0 Å². The number of aromatic nitrogens is 1. The van der Waals surface area contributed by atoms with Crippen LogP contribution >= 0.6 is 27.3 Å². The number of hydrogen-bond acceptors (Lipinski definition) is 10. The van der Waals surface area contributed by atoms with Crippen molar-refractivity contribution in [3.63, 3.8) is 0 Å². The molecule has 4 heterocycles. The summed E-state index contributed by atoms with van der Waals surface area (Å²) in [5, 5.41) is 0. The molecule has 1 aromatic carbocycles. The van der Waals surface area contributed by atoms with Crippen molar-refractivity contribution in [2.24, 2.45) is 4.99 Å². The second-order valence-corrected chi connectivity index (χ2v) is 10.7. The molecule has 0 saturated carbocycles. The molecule has 12 heteroatoms. The zero-order chi connectivity index (χ0) is 27.7. The first kappa shape index (κ1) is 27.2. The van der Waals surface area contributed by atoms with E-state index in [0.717, 1.165) is 17.6 Å². The third-order valence-corrected chi connectivity index (χ3v) is 8.05. The monoisotopic (exact) mass is 617 g/mol. The van der Waals surface area contributed by atoms with E-state index in [2.05, 4.69) is 25.8 Å². The van der Waals surface area contributed by atoms with Crippen LogP contribution in [0.1, 0.15) is 31.2 Å². The van der Waals surface area contributed by atoms with Gasteiger partial charge in [-0.3, -0.25) is 9.36 Å². The van der Waals surface area contributed by atoms with E-state index in [1.165, 1.54) is 23.0 Å². The number of benzene rings is 1. The van der Waals surface area contributed by atoms with E-state index in [1.54, 1.807) is 45.2 Å². The van der Waals surface area contributed by atoms with Crippen LogP contribution in [0.4, 0.5) is 5.88 Å². The number of hydrogen-bond donors (Lipinski definition) is 0. The van der Waals surface area contributed by atoms with Crippen LogP contribution in [0.15, 0.2) is 54.2 Å². The van der Waals surface area contributed by atoms with Crippen molar-refractivity contribution >= 4 is 45.2 Å². The molecule has 0 aliphatic carbocycles. The van der Waals surface area contributed by atoms with Gasteiger partial charge in [-0.15, -0.1) is 0 Å². The van der Waals surface area contributed by atoms with E-state index in [-0.39, 0.29) is 12.2 Å². The first-order valence-electron chi connectivity index (χ1n) is 12.4. The molecule has 1 unspecified atom stereocenters. The number of rotatable bonds is 7. The Kier molecular flexibility index (Phi) is 7.96. The van der Waals surface area contributed by atoms with Crippen molar-refractivity contribution in [1.82, 2.24) is 4.57 Å². The minimum absolute atomic E-state index is 0.192. The number of allylic oxidation sites excluding steroid dienone is 1. The highest BCUT2D eigenvalue weighted by molar-refractivity contribution is 9.10. The molecule has 39 heavy (non-hydrogen) atoms. The maximum atomic E-state index is 13.9. The molecule has 5 rings (SSSR count). The fourth-order valence-corrected chi connectivity index (χ4v) is 6.27. The van der Waals surface area contributed by atoms with Gasteiger partial charge >= 0.3 is 5.97 Å². The zero-order valence-corrected chi connectivity index (χ0v) is 24.4. The van der Waals surface area contributed by atoms with Crippen LogP contribution < -0.4 is 29.3 Å². The van der Waals surface area contributed by atoms with Gasteiger partial charge in [0.2, 0.25) is 5.88 Å². The molecule has 0 spiro atoms. The van der Waals surface area contributed by atoms with Crippen molar-refractivity contribution < 1.29 is 28.2 Å². The van der Waals surface area contributed by atoms with E-state index in [0.29, 0.717) is 62.5 Å². The molecular weight excluding hydrogens is 590 g/mol. The Bertz CT molecular complexity index is 1610. The quantitative estimate of drug-likeness (QED) is 0.373. The highest BCUT2D eigenvalue weighted by atomic mass is 79.9. The lowest BCUT2D eigenvalue weighted by Gasteiger charge is -2.26. The predicted molar refractivity (Wildman–Crippen MR) is 149 cm³/mol. The fourth-order valence-electron chi connectivity index (χ4n) is 4.69. The maximum Gasteiger partial charge on any atom is 0.338 e. The molecule has 10 nitrogen and oxygen atoms in total. The Morgan fingerprint density at radius 3 is 2.64 bits per heavy atom. The number of methoxy groups -OCH3 is 2. The molecule has 206 valence electrons. The molecule has 1 atom stereocenters. The van der Waals surface area contributed by atoms with Crippen molar-refractivity contribution in [2.45, 2.75) is 19.9 Å². The molecule has 0 bridgehead atoms. The lowest BCUT2D eigenvalue weighted by Crippen LogP contribution is -2.39. The summed E-state index contributed by atoms with van der Waals surface area (Å²) in [6.45, 7) is 6.36. The number of carbonyl (C=O) groups excluding carboxylic acids is 1. The number of fused-ring (bicyclic) bond motifs is 1. The smallest absolute Gasteiger partial charge is 0.338 e. The first-order valence-corrected chi connectivity index (χ1v) is 14.0. The Balaban J connectivity index is 1.65. The van der Waals surface area contributed by atoms with Crippen LogP contribution in [-0.4, -0.2) is 57.7 Å². The molecular formula is C27H28BrN3O7S. The van der Waals surface area contributed by atoms with Crippen LogP contribution in [0.5, 0.6) is 11.5 Å². The minimum Gasteiger partial charge on any atom is -0.493 e. The lowest BCUT2D eigenvalue weighted by atomic mass is 9.95. The standard InChI is InChI=1S/C27H28BrN3O7S/c1-5-37-26(33)22-15(2)29-27-31(23(22)16-6-7-19(34-3)20(12-16)35-4)24(32)21(39-27)14-17-13-18(28)25(38-17)30-8-10-36-11-9-30/h6-7,12-14,23H,5,8-11H2,1-4H3/b21-14+. The number of carbonyl (C=O) groups is 1. The van der Waals surface area contributed by atoms with Crippen LogP contribution in [0, 0.1) is 0 Å². The summed E-state index contributed by atoms with van der Waals surface area (Å²) in [6.07, 6.45) is 1.70. The topological polar surface area (TPSA) is 105 Å². The average Bonchev–Trinajstić information content (AvgIpc) is 3.46. The molecule has 0 amide bonds. The van der Waals surface area contributed by atoms with Crippen molar-refractivity contribution in [3.05, 3.63) is 71.0 Å². The summed E-state index contributed by atoms with van der Waals surface area (Å²) in [5.41, 5.74) is 1.14. The van der Waals surface area contributed by atoms with Gasteiger partial charge in [0.05, 0.1) is 60.4 Å². The average molecular weight is 619 g/mol. The number of anilines is 1. The Morgan fingerprint density at radius 2 is 1.95 bits per heavy atom. The summed E-state index contributed by atoms with van der Waals surface area (Å²) in [7, 11) is 3.08. The van der Waals surface area contributed by atoms with Crippen molar-refractivity contribution in [3.8, 4) is 11.5 Å². The van der Waals surface area contributed by atoms with Gasteiger partial charge in [0.25, 0.3) is 5.56 Å². The lowest BCUT2D eigenvalue weighted by molar-refractivity contribution is -0.139. The summed E-state index contributed by atoms with van der Waals surface area (Å²) >= 11 is 4.81. The van der Waals surface area contributed by atoms with Gasteiger partial charge in [-0.2, -0.15) is 0 Å². The molecule has 1 fully saturated rings. The van der Waals surface area contributed by atoms with Gasteiger partial charge in [0.15, 0.2) is 16.3 Å². The zero-order valence-electron chi connectivity index (χ0n) is 22.0.